The van der Waals surface area contributed by atoms with Gasteiger partial charge in [0, 0.05) is 12.0 Å². The van der Waals surface area contributed by atoms with Crippen molar-refractivity contribution >= 4 is 0 Å². The van der Waals surface area contributed by atoms with E-state index in [1.807, 2.05) is 6.07 Å². The smallest absolute Gasteiger partial charge is 0.151 e. The summed E-state index contributed by atoms with van der Waals surface area (Å²) in [6.07, 6.45) is 6.36. The van der Waals surface area contributed by atoms with Crippen molar-refractivity contribution in [3.63, 3.8) is 0 Å². The first-order chi connectivity index (χ1) is 12.6. The number of aromatic nitrogens is 2. The highest BCUT2D eigenvalue weighted by atomic mass is 19.1. The molecule has 0 radical (unpaired) electrons. The second-order valence-electron chi connectivity index (χ2n) is 6.84. The number of hydrogen-bond donors (Lipinski definition) is 0. The molecule has 134 valence electrons. The van der Waals surface area contributed by atoms with Gasteiger partial charge in [0.15, 0.2) is 5.82 Å². The summed E-state index contributed by atoms with van der Waals surface area (Å²) in [6.45, 7) is 0. The van der Waals surface area contributed by atoms with Gasteiger partial charge >= 0.3 is 0 Å². The Hall–Kier alpha value is -2.56. The van der Waals surface area contributed by atoms with E-state index in [0.717, 1.165) is 48.6 Å². The minimum atomic E-state index is -0.635. The fourth-order valence-corrected chi connectivity index (χ4v) is 3.85. The Morgan fingerprint density at radius 1 is 1.00 bits per heavy atom. The molecular formula is C21H19F3N2. The van der Waals surface area contributed by atoms with Gasteiger partial charge in [-0.2, -0.15) is 5.10 Å². The molecule has 4 rings (SSSR count). The third-order valence-corrected chi connectivity index (χ3v) is 5.03. The topological polar surface area (TPSA) is 17.8 Å². The summed E-state index contributed by atoms with van der Waals surface area (Å²) < 4.78 is 42.8. The summed E-state index contributed by atoms with van der Waals surface area (Å²) in [4.78, 5) is 0. The second kappa shape index (κ2) is 6.98. The molecule has 0 saturated carbocycles. The molecule has 0 bridgehead atoms. The highest BCUT2D eigenvalue weighted by molar-refractivity contribution is 5.39. The molecule has 1 aromatic heterocycles. The number of aryl methyl sites for hydroxylation is 1. The van der Waals surface area contributed by atoms with Crippen molar-refractivity contribution < 1.29 is 13.2 Å². The minimum Gasteiger partial charge on any atom is -0.234 e. The lowest BCUT2D eigenvalue weighted by Crippen LogP contribution is -2.12. The molecule has 1 heterocycles. The van der Waals surface area contributed by atoms with E-state index in [9.17, 15) is 13.2 Å². The lowest BCUT2D eigenvalue weighted by Gasteiger charge is -2.19. The van der Waals surface area contributed by atoms with Crippen molar-refractivity contribution in [2.24, 2.45) is 0 Å². The van der Waals surface area contributed by atoms with Gasteiger partial charge in [-0.1, -0.05) is 18.6 Å². The molecule has 0 amide bonds. The van der Waals surface area contributed by atoms with E-state index < -0.39 is 11.6 Å². The van der Waals surface area contributed by atoms with Crippen molar-refractivity contribution in [1.82, 2.24) is 9.78 Å². The Kier molecular flexibility index (Phi) is 4.53. The molecule has 0 N–H and O–H groups in total. The van der Waals surface area contributed by atoms with E-state index in [4.69, 9.17) is 0 Å². The predicted octanol–water partition coefficient (Wildman–Crippen LogP) is 5.34. The zero-order valence-corrected chi connectivity index (χ0v) is 14.3. The summed E-state index contributed by atoms with van der Waals surface area (Å²) in [5, 5.41) is 4.39. The van der Waals surface area contributed by atoms with Crippen LogP contribution in [0.3, 0.4) is 0 Å². The van der Waals surface area contributed by atoms with Crippen LogP contribution in [0.2, 0.25) is 0 Å². The summed E-state index contributed by atoms with van der Waals surface area (Å²) >= 11 is 0. The quantitative estimate of drug-likeness (QED) is 0.579. The Labute approximate surface area is 150 Å². The van der Waals surface area contributed by atoms with Crippen molar-refractivity contribution in [2.75, 3.05) is 0 Å². The predicted molar refractivity (Wildman–Crippen MR) is 93.9 cm³/mol. The number of nitrogens with zero attached hydrogens (tertiary/aromatic N) is 2. The third-order valence-electron chi connectivity index (χ3n) is 5.03. The van der Waals surface area contributed by atoms with Crippen LogP contribution in [0.15, 0.2) is 48.7 Å². The number of rotatable bonds is 3. The zero-order chi connectivity index (χ0) is 18.1. The minimum absolute atomic E-state index is 0.112. The van der Waals surface area contributed by atoms with Gasteiger partial charge in [0.25, 0.3) is 0 Å². The molecule has 1 aliphatic carbocycles. The van der Waals surface area contributed by atoms with Crippen LogP contribution in [0.1, 0.15) is 42.0 Å². The molecule has 2 aromatic carbocycles. The Morgan fingerprint density at radius 3 is 2.65 bits per heavy atom. The maximum absolute atomic E-state index is 14.3. The van der Waals surface area contributed by atoms with Crippen molar-refractivity contribution in [3.05, 3.63) is 82.9 Å². The van der Waals surface area contributed by atoms with Crippen LogP contribution in [-0.2, 0) is 12.8 Å². The van der Waals surface area contributed by atoms with E-state index in [-0.39, 0.29) is 17.4 Å². The summed E-state index contributed by atoms with van der Waals surface area (Å²) in [7, 11) is 0. The molecule has 3 aromatic rings. The van der Waals surface area contributed by atoms with Gasteiger partial charge in [0.05, 0.1) is 11.9 Å². The van der Waals surface area contributed by atoms with Gasteiger partial charge in [0.1, 0.15) is 17.3 Å². The van der Waals surface area contributed by atoms with E-state index in [1.165, 1.54) is 18.2 Å². The van der Waals surface area contributed by atoms with Crippen LogP contribution in [0, 0.1) is 17.5 Å². The van der Waals surface area contributed by atoms with E-state index in [1.54, 1.807) is 23.0 Å². The fraction of sp³-hybridized carbons (Fsp3) is 0.286. The lowest BCUT2D eigenvalue weighted by molar-refractivity contribution is 0.544. The van der Waals surface area contributed by atoms with E-state index in [2.05, 4.69) is 5.10 Å². The van der Waals surface area contributed by atoms with Gasteiger partial charge in [-0.3, -0.25) is 0 Å². The van der Waals surface area contributed by atoms with Crippen LogP contribution >= 0.6 is 0 Å². The average molecular weight is 356 g/mol. The van der Waals surface area contributed by atoms with E-state index >= 15 is 0 Å². The third kappa shape index (κ3) is 3.26. The SMILES string of the molecule is Fc1cccc(CC2CCCCc3cnn(-c4ccc(F)cc4F)c32)c1. The maximum Gasteiger partial charge on any atom is 0.151 e. The first kappa shape index (κ1) is 16.9. The highest BCUT2D eigenvalue weighted by Crippen LogP contribution is 2.35. The van der Waals surface area contributed by atoms with Crippen molar-refractivity contribution in [3.8, 4) is 5.69 Å². The van der Waals surface area contributed by atoms with Gasteiger partial charge in [-0.15, -0.1) is 0 Å². The van der Waals surface area contributed by atoms with Crippen molar-refractivity contribution in [2.45, 2.75) is 38.0 Å². The number of halogens is 3. The van der Waals surface area contributed by atoms with Crippen molar-refractivity contribution in [1.29, 1.82) is 0 Å². The molecule has 1 atom stereocenters. The lowest BCUT2D eigenvalue weighted by atomic mass is 9.91. The molecule has 5 heteroatoms. The van der Waals surface area contributed by atoms with Gasteiger partial charge < -0.3 is 0 Å². The molecule has 0 fully saturated rings. The summed E-state index contributed by atoms with van der Waals surface area (Å²) in [6, 6.07) is 10.1. The molecule has 0 spiro atoms. The molecular weight excluding hydrogens is 337 g/mol. The molecule has 0 saturated heterocycles. The van der Waals surface area contributed by atoms with E-state index in [0.29, 0.717) is 6.42 Å². The highest BCUT2D eigenvalue weighted by Gasteiger charge is 2.25. The maximum atomic E-state index is 14.3. The van der Waals surface area contributed by atoms with Gasteiger partial charge in [-0.05, 0) is 61.1 Å². The van der Waals surface area contributed by atoms with Crippen LogP contribution < -0.4 is 0 Å². The number of benzene rings is 2. The molecule has 0 aliphatic heterocycles. The Bertz CT molecular complexity index is 933. The first-order valence-electron chi connectivity index (χ1n) is 8.88. The molecule has 1 aliphatic rings. The first-order valence-corrected chi connectivity index (χ1v) is 8.88. The largest absolute Gasteiger partial charge is 0.234 e. The monoisotopic (exact) mass is 356 g/mol. The van der Waals surface area contributed by atoms with Crippen LogP contribution in [0.25, 0.3) is 5.69 Å². The number of fused-ring (bicyclic) bond motifs is 1. The zero-order valence-electron chi connectivity index (χ0n) is 14.3. The van der Waals surface area contributed by atoms with Crippen LogP contribution in [-0.4, -0.2) is 9.78 Å². The Balaban J connectivity index is 1.77. The molecule has 2 nitrogen and oxygen atoms in total. The number of hydrogen-bond acceptors (Lipinski definition) is 1. The molecule has 26 heavy (non-hydrogen) atoms. The normalized spacial score (nSPS) is 17.0. The Morgan fingerprint density at radius 2 is 1.85 bits per heavy atom. The standard InChI is InChI=1S/C21H19F3N2/c22-17-7-3-4-14(11-17)10-15-5-1-2-6-16-13-25-26(21(15)16)20-9-8-18(23)12-19(20)24/h3-4,7-9,11-13,15H,1-2,5-6,10H2. The summed E-state index contributed by atoms with van der Waals surface area (Å²) in [5.41, 5.74) is 3.21. The van der Waals surface area contributed by atoms with Gasteiger partial charge in [-0.25, -0.2) is 17.9 Å². The van der Waals surface area contributed by atoms with Crippen LogP contribution in [0.5, 0.6) is 0 Å². The second-order valence-corrected chi connectivity index (χ2v) is 6.84. The van der Waals surface area contributed by atoms with Crippen LogP contribution in [0.4, 0.5) is 13.2 Å². The van der Waals surface area contributed by atoms with Gasteiger partial charge in [0.2, 0.25) is 0 Å². The average Bonchev–Trinajstić information content (AvgIpc) is 2.91. The fourth-order valence-electron chi connectivity index (χ4n) is 3.85. The summed E-state index contributed by atoms with van der Waals surface area (Å²) in [5.74, 6) is -1.39. The molecule has 1 unspecified atom stereocenters.